The summed E-state index contributed by atoms with van der Waals surface area (Å²) in [7, 11) is 0. The van der Waals surface area contributed by atoms with Gasteiger partial charge in [0.25, 0.3) is 0 Å². The van der Waals surface area contributed by atoms with Gasteiger partial charge in [-0.3, -0.25) is 4.79 Å². The lowest BCUT2D eigenvalue weighted by atomic mass is 9.76. The van der Waals surface area contributed by atoms with Crippen LogP contribution in [0.3, 0.4) is 0 Å². The Bertz CT molecular complexity index is 249. The van der Waals surface area contributed by atoms with E-state index in [2.05, 4.69) is 24.1 Å². The molecule has 1 saturated heterocycles. The van der Waals surface area contributed by atoms with Gasteiger partial charge in [0.05, 0.1) is 5.41 Å². The quantitative estimate of drug-likeness (QED) is 0.700. The van der Waals surface area contributed by atoms with Crippen LogP contribution in [0, 0.1) is 5.41 Å². The fourth-order valence-corrected chi connectivity index (χ4v) is 2.39. The summed E-state index contributed by atoms with van der Waals surface area (Å²) in [5.74, 6) is 0.199. The Labute approximate surface area is 98.7 Å². The molecule has 0 saturated carbocycles. The Morgan fingerprint density at radius 3 is 2.81 bits per heavy atom. The molecule has 1 fully saturated rings. The molecule has 0 spiro atoms. The molecule has 92 valence electrons. The third-order valence-corrected chi connectivity index (χ3v) is 3.23. The normalized spacial score (nSPS) is 25.1. The van der Waals surface area contributed by atoms with Gasteiger partial charge in [-0.2, -0.15) is 0 Å². The van der Waals surface area contributed by atoms with Crippen molar-refractivity contribution in [3.8, 4) is 0 Å². The van der Waals surface area contributed by atoms with E-state index in [1.165, 1.54) is 0 Å². The predicted molar refractivity (Wildman–Crippen MR) is 67.3 cm³/mol. The highest BCUT2D eigenvalue weighted by Crippen LogP contribution is 2.31. The molecule has 1 aliphatic heterocycles. The minimum atomic E-state index is -0.178. The summed E-state index contributed by atoms with van der Waals surface area (Å²) in [5, 5.41) is 6.34. The van der Waals surface area contributed by atoms with Crippen molar-refractivity contribution >= 4 is 5.91 Å². The second kappa shape index (κ2) is 6.04. The van der Waals surface area contributed by atoms with Crippen molar-refractivity contribution in [3.63, 3.8) is 0 Å². The molecule has 1 heterocycles. The topological polar surface area (TPSA) is 41.1 Å². The number of rotatable bonds is 5. The molecule has 1 unspecified atom stereocenters. The zero-order valence-corrected chi connectivity index (χ0v) is 10.6. The van der Waals surface area contributed by atoms with Crippen LogP contribution < -0.4 is 10.6 Å². The summed E-state index contributed by atoms with van der Waals surface area (Å²) in [6.45, 7) is 10.4. The zero-order chi connectivity index (χ0) is 12.0. The molecule has 0 bridgehead atoms. The largest absolute Gasteiger partial charge is 0.352 e. The lowest BCUT2D eigenvalue weighted by molar-refractivity contribution is -0.132. The maximum atomic E-state index is 12.2. The van der Waals surface area contributed by atoms with Gasteiger partial charge in [-0.25, -0.2) is 0 Å². The highest BCUT2D eigenvalue weighted by molar-refractivity contribution is 5.83. The summed E-state index contributed by atoms with van der Waals surface area (Å²) in [5.41, 5.74) is 0.825. The molecule has 1 rings (SSSR count). The Balaban J connectivity index is 2.60. The first-order chi connectivity index (χ1) is 7.60. The van der Waals surface area contributed by atoms with Gasteiger partial charge in [0.15, 0.2) is 0 Å². The lowest BCUT2D eigenvalue weighted by Crippen LogP contribution is -2.50. The third kappa shape index (κ3) is 3.34. The summed E-state index contributed by atoms with van der Waals surface area (Å²) >= 11 is 0. The summed E-state index contributed by atoms with van der Waals surface area (Å²) < 4.78 is 0. The van der Waals surface area contributed by atoms with Crippen molar-refractivity contribution in [2.45, 2.75) is 39.5 Å². The van der Waals surface area contributed by atoms with E-state index in [0.29, 0.717) is 6.54 Å². The van der Waals surface area contributed by atoms with Gasteiger partial charge in [0.2, 0.25) is 5.91 Å². The van der Waals surface area contributed by atoms with Crippen LogP contribution in [0.5, 0.6) is 0 Å². The van der Waals surface area contributed by atoms with E-state index in [1.54, 1.807) is 0 Å². The Morgan fingerprint density at radius 2 is 2.31 bits per heavy atom. The number of hydrogen-bond donors (Lipinski definition) is 2. The maximum Gasteiger partial charge on any atom is 0.227 e. The zero-order valence-electron chi connectivity index (χ0n) is 10.6. The monoisotopic (exact) mass is 224 g/mol. The Hall–Kier alpha value is -0.830. The van der Waals surface area contributed by atoms with Crippen molar-refractivity contribution in [3.05, 3.63) is 12.2 Å². The fourth-order valence-electron chi connectivity index (χ4n) is 2.39. The van der Waals surface area contributed by atoms with E-state index >= 15 is 0 Å². The van der Waals surface area contributed by atoms with Crippen LogP contribution in [0.2, 0.25) is 0 Å². The molecule has 0 aliphatic carbocycles. The summed E-state index contributed by atoms with van der Waals surface area (Å²) in [6, 6.07) is 0. The SMILES string of the molecule is C=C(C)CNC(=O)C1(CCC)CCCNC1. The molecule has 0 aromatic heterocycles. The lowest BCUT2D eigenvalue weighted by Gasteiger charge is -2.36. The average Bonchev–Trinajstić information content (AvgIpc) is 2.27. The van der Waals surface area contributed by atoms with Gasteiger partial charge in [0.1, 0.15) is 0 Å². The highest BCUT2D eigenvalue weighted by atomic mass is 16.2. The van der Waals surface area contributed by atoms with Crippen molar-refractivity contribution in [1.82, 2.24) is 10.6 Å². The van der Waals surface area contributed by atoms with E-state index in [1.807, 2.05) is 6.92 Å². The number of amides is 1. The first kappa shape index (κ1) is 13.2. The molecule has 0 aromatic carbocycles. The molecule has 0 aromatic rings. The smallest absolute Gasteiger partial charge is 0.227 e. The molecular formula is C13H24N2O. The molecule has 1 amide bonds. The average molecular weight is 224 g/mol. The second-order valence-corrected chi connectivity index (χ2v) is 4.95. The van der Waals surface area contributed by atoms with Crippen LogP contribution in [0.1, 0.15) is 39.5 Å². The number of hydrogen-bond acceptors (Lipinski definition) is 2. The predicted octanol–water partition coefficient (Wildman–Crippen LogP) is 1.85. The van der Waals surface area contributed by atoms with Crippen LogP contribution in [-0.2, 0) is 4.79 Å². The number of nitrogens with one attached hydrogen (secondary N) is 2. The molecule has 3 nitrogen and oxygen atoms in total. The van der Waals surface area contributed by atoms with Crippen molar-refractivity contribution in [2.75, 3.05) is 19.6 Å². The molecule has 1 atom stereocenters. The third-order valence-electron chi connectivity index (χ3n) is 3.23. The van der Waals surface area contributed by atoms with Crippen LogP contribution in [-0.4, -0.2) is 25.5 Å². The molecule has 16 heavy (non-hydrogen) atoms. The van der Waals surface area contributed by atoms with Gasteiger partial charge in [-0.05, 0) is 32.7 Å². The Kier molecular flexibility index (Phi) is 5.00. The number of piperidine rings is 1. The van der Waals surface area contributed by atoms with E-state index in [-0.39, 0.29) is 11.3 Å². The fraction of sp³-hybridized carbons (Fsp3) is 0.769. The Morgan fingerprint density at radius 1 is 1.56 bits per heavy atom. The number of carbonyl (C=O) groups excluding carboxylic acids is 1. The maximum absolute atomic E-state index is 12.2. The van der Waals surface area contributed by atoms with Gasteiger partial charge >= 0.3 is 0 Å². The molecule has 0 radical (unpaired) electrons. The van der Waals surface area contributed by atoms with Gasteiger partial charge in [-0.15, -0.1) is 0 Å². The summed E-state index contributed by atoms with van der Waals surface area (Å²) in [4.78, 5) is 12.2. The van der Waals surface area contributed by atoms with E-state index in [9.17, 15) is 4.79 Å². The van der Waals surface area contributed by atoms with Gasteiger partial charge in [-0.1, -0.05) is 25.5 Å². The van der Waals surface area contributed by atoms with E-state index < -0.39 is 0 Å². The number of carbonyl (C=O) groups is 1. The van der Waals surface area contributed by atoms with E-state index in [4.69, 9.17) is 0 Å². The molecule has 3 heteroatoms. The van der Waals surface area contributed by atoms with Crippen molar-refractivity contribution < 1.29 is 4.79 Å². The van der Waals surface area contributed by atoms with Gasteiger partial charge in [0, 0.05) is 13.1 Å². The second-order valence-electron chi connectivity index (χ2n) is 4.95. The van der Waals surface area contributed by atoms with Gasteiger partial charge < -0.3 is 10.6 Å². The minimum absolute atomic E-state index is 0.178. The van der Waals surface area contributed by atoms with Crippen LogP contribution in [0.25, 0.3) is 0 Å². The highest BCUT2D eigenvalue weighted by Gasteiger charge is 2.38. The molecule has 1 aliphatic rings. The molecule has 2 N–H and O–H groups in total. The standard InChI is InChI=1S/C13H24N2O/c1-4-6-13(7-5-8-14-10-13)12(16)15-9-11(2)3/h14H,2,4-10H2,1,3H3,(H,15,16). The van der Waals surface area contributed by atoms with Crippen LogP contribution >= 0.6 is 0 Å². The first-order valence-electron chi connectivity index (χ1n) is 6.24. The molecular weight excluding hydrogens is 200 g/mol. The minimum Gasteiger partial charge on any atom is -0.352 e. The van der Waals surface area contributed by atoms with Crippen LogP contribution in [0.4, 0.5) is 0 Å². The van der Waals surface area contributed by atoms with Crippen LogP contribution in [0.15, 0.2) is 12.2 Å². The van der Waals surface area contributed by atoms with Crippen molar-refractivity contribution in [1.29, 1.82) is 0 Å². The first-order valence-corrected chi connectivity index (χ1v) is 6.24. The summed E-state index contributed by atoms with van der Waals surface area (Å²) in [6.07, 6.45) is 4.14. The van der Waals surface area contributed by atoms with E-state index in [0.717, 1.165) is 44.3 Å². The van der Waals surface area contributed by atoms with Crippen molar-refractivity contribution in [2.24, 2.45) is 5.41 Å².